The van der Waals surface area contributed by atoms with Gasteiger partial charge in [-0.1, -0.05) is 6.04 Å². The molecule has 0 aliphatic carbocycles. The second-order valence-corrected chi connectivity index (χ2v) is 4.80. The first-order chi connectivity index (χ1) is 14.1. The molecule has 0 unspecified atom stereocenters. The van der Waals surface area contributed by atoms with Gasteiger partial charge in [0.05, 0.1) is 11.5 Å². The molecule has 0 bridgehead atoms. The molecule has 0 spiro atoms. The van der Waals surface area contributed by atoms with Crippen molar-refractivity contribution >= 4 is 17.0 Å². The predicted molar refractivity (Wildman–Crippen MR) is 82.5 cm³/mol. The molecule has 2 aromatic rings. The number of carbonyl (C=O) groups is 1. The zero-order chi connectivity index (χ0) is 23.4. The van der Waals surface area contributed by atoms with Crippen LogP contribution >= 0.6 is 0 Å². The molecule has 1 fully saturated rings. The number of ether oxygens (including phenoxy) is 1. The minimum Gasteiger partial charge on any atom is -0.447 e. The van der Waals surface area contributed by atoms with Gasteiger partial charge in [-0.25, -0.2) is 4.79 Å². The summed E-state index contributed by atoms with van der Waals surface area (Å²) < 4.78 is 82.9. The lowest BCUT2D eigenvalue weighted by Crippen LogP contribution is -2.28. The van der Waals surface area contributed by atoms with E-state index in [2.05, 4.69) is 10.3 Å². The van der Waals surface area contributed by atoms with E-state index in [1.54, 1.807) is 0 Å². The quantitative estimate of drug-likeness (QED) is 0.886. The van der Waals surface area contributed by atoms with Crippen LogP contribution in [0.5, 0.6) is 0 Å². The monoisotopic (exact) mass is 297 g/mol. The normalized spacial score (nSPS) is 29.9. The van der Waals surface area contributed by atoms with Gasteiger partial charge in [-0.15, -0.1) is 0 Å². The standard InChI is InChI=1S/C16H21N3O2/c1-19(2)6-5-12-9-17-15-4-3-11(8-14(12)15)7-13-10-21-16(20)18-13/h3-4,8-9,13,17H,5-7,10H2,1-2H3,(H,18,20)/t13-/m0/s1/i1D3,2D3,3D,4D,8D,13D. The molecule has 3 rings (SSSR count). The number of aromatic nitrogens is 1. The number of benzene rings is 1. The van der Waals surface area contributed by atoms with Crippen molar-refractivity contribution in [2.45, 2.75) is 18.9 Å². The third kappa shape index (κ3) is 3.19. The SMILES string of the molecule is [2H]c1c(C[C@@]2([2H])COC(=O)N2)c([2H])c2c(CCN(C([2H])([2H])[2H])C([2H])([2H])[2H])c[nH]c2c1[2H]. The van der Waals surface area contributed by atoms with Crippen molar-refractivity contribution in [2.24, 2.45) is 0 Å². The zero-order valence-electron chi connectivity index (χ0n) is 21.2. The van der Waals surface area contributed by atoms with Crippen LogP contribution in [0.3, 0.4) is 0 Å². The first-order valence-electron chi connectivity index (χ1n) is 11.5. The number of cyclic esters (lactones) is 1. The largest absolute Gasteiger partial charge is 0.447 e. The Labute approximate surface area is 138 Å². The van der Waals surface area contributed by atoms with Crippen molar-refractivity contribution in [1.29, 1.82) is 0 Å². The number of rotatable bonds is 5. The van der Waals surface area contributed by atoms with Gasteiger partial charge in [-0.2, -0.15) is 0 Å². The Morgan fingerprint density at radius 2 is 2.48 bits per heavy atom. The molecule has 5 nitrogen and oxygen atoms in total. The van der Waals surface area contributed by atoms with Crippen molar-refractivity contribution in [3.8, 4) is 0 Å². The summed E-state index contributed by atoms with van der Waals surface area (Å²) in [5.41, 5.74) is 0.662. The summed E-state index contributed by atoms with van der Waals surface area (Å²) in [6.45, 7) is -6.32. The van der Waals surface area contributed by atoms with Crippen molar-refractivity contribution in [3.05, 3.63) is 35.5 Å². The summed E-state index contributed by atoms with van der Waals surface area (Å²) in [4.78, 5) is 14.6. The zero-order valence-corrected chi connectivity index (χ0v) is 11.2. The van der Waals surface area contributed by atoms with E-state index < -0.39 is 26.1 Å². The van der Waals surface area contributed by atoms with E-state index in [4.69, 9.17) is 18.4 Å². The Kier molecular flexibility index (Phi) is 1.76. The summed E-state index contributed by atoms with van der Waals surface area (Å²) >= 11 is 0. The number of likely N-dealkylation sites (N-methyl/N-ethyl adjacent to an activating group) is 1. The summed E-state index contributed by atoms with van der Waals surface area (Å²) in [6.07, 6.45) is 0.402. The Bertz CT molecular complexity index is 1000. The third-order valence-corrected chi connectivity index (χ3v) is 3.23. The average Bonchev–Trinajstić information content (AvgIpc) is 3.18. The average molecular weight is 297 g/mol. The number of nitrogens with one attached hydrogen (secondary N) is 2. The Balaban J connectivity index is 1.99. The molecule has 112 valence electrons. The topological polar surface area (TPSA) is 57.4 Å². The number of amides is 1. The van der Waals surface area contributed by atoms with Crippen LogP contribution < -0.4 is 5.32 Å². The Hall–Kier alpha value is -2.01. The lowest BCUT2D eigenvalue weighted by Gasteiger charge is -2.09. The van der Waals surface area contributed by atoms with E-state index in [0.717, 1.165) is 0 Å². The van der Waals surface area contributed by atoms with Crippen molar-refractivity contribution in [3.63, 3.8) is 0 Å². The number of nitrogens with zero attached hydrogens (tertiary/aromatic N) is 1. The maximum absolute atomic E-state index is 11.3. The molecule has 0 radical (unpaired) electrons. The van der Waals surface area contributed by atoms with E-state index in [1.807, 2.05) is 0 Å². The van der Waals surface area contributed by atoms with Crippen LogP contribution in [0.4, 0.5) is 4.79 Å². The van der Waals surface area contributed by atoms with Gasteiger partial charge in [-0.05, 0) is 50.0 Å². The number of aromatic amines is 1. The minimum absolute atomic E-state index is 0.0370. The van der Waals surface area contributed by atoms with E-state index in [9.17, 15) is 4.79 Å². The van der Waals surface area contributed by atoms with Gasteiger partial charge in [0, 0.05) is 31.9 Å². The van der Waals surface area contributed by atoms with Crippen molar-refractivity contribution in [1.82, 2.24) is 15.2 Å². The van der Waals surface area contributed by atoms with Gasteiger partial charge in [0.2, 0.25) is 0 Å². The lowest BCUT2D eigenvalue weighted by molar-refractivity contribution is 0.177. The number of hydrogen-bond donors (Lipinski definition) is 2. The Morgan fingerprint density at radius 3 is 3.24 bits per heavy atom. The van der Waals surface area contributed by atoms with Crippen LogP contribution in [0.25, 0.3) is 10.9 Å². The molecule has 0 saturated carbocycles. The van der Waals surface area contributed by atoms with Crippen LogP contribution in [0.15, 0.2) is 24.3 Å². The van der Waals surface area contributed by atoms with Crippen LogP contribution in [0.2, 0.25) is 0 Å². The minimum atomic E-state index is -2.85. The first kappa shape index (κ1) is 6.40. The molecule has 1 aliphatic rings. The molecular formula is C16H21N3O2. The van der Waals surface area contributed by atoms with Gasteiger partial charge >= 0.3 is 6.09 Å². The molecule has 1 aromatic carbocycles. The number of carbonyl (C=O) groups excluding carboxylic acids is 1. The fourth-order valence-corrected chi connectivity index (χ4v) is 2.22. The van der Waals surface area contributed by atoms with E-state index in [1.165, 1.54) is 6.20 Å². The lowest BCUT2D eigenvalue weighted by atomic mass is 10.0. The number of alkyl carbamates (subject to hydrolysis) is 1. The van der Waals surface area contributed by atoms with Gasteiger partial charge in [0.15, 0.2) is 0 Å². The highest BCUT2D eigenvalue weighted by Gasteiger charge is 2.22. The maximum atomic E-state index is 11.3. The van der Waals surface area contributed by atoms with Crippen LogP contribution in [0.1, 0.15) is 24.8 Å². The molecular weight excluding hydrogens is 266 g/mol. The fourth-order valence-electron chi connectivity index (χ4n) is 2.22. The second-order valence-electron chi connectivity index (χ2n) is 4.80. The summed E-state index contributed by atoms with van der Waals surface area (Å²) in [5, 5.41) is 2.57. The third-order valence-electron chi connectivity index (χ3n) is 3.23. The number of fused-ring (bicyclic) bond motifs is 1. The summed E-state index contributed by atoms with van der Waals surface area (Å²) in [7, 11) is 0. The fraction of sp³-hybridized carbons (Fsp3) is 0.438. The summed E-state index contributed by atoms with van der Waals surface area (Å²) in [6, 6.07) is -2.22. The van der Waals surface area contributed by atoms with Gasteiger partial charge in [-0.3, -0.25) is 0 Å². The first-order valence-corrected chi connectivity index (χ1v) is 6.45. The van der Waals surface area contributed by atoms with Crippen LogP contribution in [0, 0.1) is 0 Å². The van der Waals surface area contributed by atoms with E-state index >= 15 is 0 Å². The smallest absolute Gasteiger partial charge is 0.407 e. The highest BCUT2D eigenvalue weighted by molar-refractivity contribution is 5.84. The van der Waals surface area contributed by atoms with E-state index in [-0.39, 0.29) is 60.6 Å². The molecule has 1 aliphatic heterocycles. The molecule has 2 heterocycles. The molecule has 1 atom stereocenters. The van der Waals surface area contributed by atoms with Gasteiger partial charge < -0.3 is 19.9 Å². The molecule has 21 heavy (non-hydrogen) atoms. The van der Waals surface area contributed by atoms with Crippen LogP contribution in [-0.2, 0) is 17.6 Å². The highest BCUT2D eigenvalue weighted by Crippen LogP contribution is 2.21. The summed E-state index contributed by atoms with van der Waals surface area (Å²) in [5.74, 6) is 0. The molecule has 1 amide bonds. The van der Waals surface area contributed by atoms with Crippen LogP contribution in [-0.4, -0.2) is 49.1 Å². The highest BCUT2D eigenvalue weighted by atomic mass is 16.6. The number of hydrogen-bond acceptors (Lipinski definition) is 3. The molecule has 2 N–H and O–H groups in total. The maximum Gasteiger partial charge on any atom is 0.407 e. The molecule has 1 saturated heterocycles. The van der Waals surface area contributed by atoms with Crippen molar-refractivity contribution < 1.29 is 23.2 Å². The van der Waals surface area contributed by atoms with Crippen molar-refractivity contribution in [2.75, 3.05) is 27.1 Å². The molecule has 1 aromatic heterocycles. The van der Waals surface area contributed by atoms with Gasteiger partial charge in [0.25, 0.3) is 0 Å². The van der Waals surface area contributed by atoms with Gasteiger partial charge in [0.1, 0.15) is 6.61 Å². The second kappa shape index (κ2) is 5.77. The predicted octanol–water partition coefficient (Wildman–Crippen LogP) is 1.92. The number of H-pyrrole nitrogens is 1. The Morgan fingerprint density at radius 1 is 1.57 bits per heavy atom. The molecule has 5 heteroatoms. The van der Waals surface area contributed by atoms with E-state index in [0.29, 0.717) is 10.5 Å².